The first-order chi connectivity index (χ1) is 14.0. The van der Waals surface area contributed by atoms with Crippen molar-refractivity contribution in [3.63, 3.8) is 0 Å². The molecule has 1 aromatic heterocycles. The van der Waals surface area contributed by atoms with Gasteiger partial charge in [0, 0.05) is 43.8 Å². The highest BCUT2D eigenvalue weighted by atomic mass is 32.1. The maximum Gasteiger partial charge on any atom is 0.319 e. The monoisotopic (exact) mass is 415 g/mol. The molecule has 0 aliphatic carbocycles. The minimum Gasteiger partial charge on any atom is -0.346 e. The van der Waals surface area contributed by atoms with Crippen LogP contribution in [0.25, 0.3) is 0 Å². The molecule has 1 fully saturated rings. The Hall–Kier alpha value is -2.61. The number of amides is 3. The summed E-state index contributed by atoms with van der Waals surface area (Å²) < 4.78 is 0. The van der Waals surface area contributed by atoms with Crippen molar-refractivity contribution in [3.8, 4) is 0 Å². The fourth-order valence-corrected chi connectivity index (χ4v) is 4.11. The van der Waals surface area contributed by atoms with Crippen molar-refractivity contribution >= 4 is 34.1 Å². The van der Waals surface area contributed by atoms with Gasteiger partial charge in [0.25, 0.3) is 0 Å². The number of hydrogen-bond donors (Lipinski definition) is 2. The molecular weight excluding hydrogens is 386 g/mol. The standard InChI is InChI=1S/C21H29N5O2S/c1-3-9-22-20(28)24-18-7-5-17(6-8-18)14-19(27)25-10-4-11-26(13-12-25)21-23-16(2)15-29-21/h5-8,15H,3-4,9-14H2,1-2H3,(H2,22,24,28). The molecule has 0 radical (unpaired) electrons. The Labute approximate surface area is 176 Å². The zero-order chi connectivity index (χ0) is 20.6. The number of benzene rings is 1. The number of nitrogens with zero attached hydrogens (tertiary/aromatic N) is 3. The summed E-state index contributed by atoms with van der Waals surface area (Å²) in [7, 11) is 0. The number of carbonyl (C=O) groups is 2. The van der Waals surface area contributed by atoms with Crippen molar-refractivity contribution in [2.24, 2.45) is 0 Å². The third-order valence-corrected chi connectivity index (χ3v) is 5.85. The zero-order valence-electron chi connectivity index (χ0n) is 17.1. The number of thiazole rings is 1. The van der Waals surface area contributed by atoms with Crippen molar-refractivity contribution in [3.05, 3.63) is 40.9 Å². The molecule has 1 saturated heterocycles. The quantitative estimate of drug-likeness (QED) is 0.759. The van der Waals surface area contributed by atoms with Crippen LogP contribution in [-0.4, -0.2) is 54.5 Å². The summed E-state index contributed by atoms with van der Waals surface area (Å²) in [5.41, 5.74) is 2.72. The van der Waals surface area contributed by atoms with E-state index in [0.717, 1.165) is 54.6 Å². The van der Waals surface area contributed by atoms with Gasteiger partial charge in [-0.25, -0.2) is 9.78 Å². The molecule has 1 aliphatic rings. The van der Waals surface area contributed by atoms with E-state index < -0.39 is 0 Å². The molecule has 1 aromatic carbocycles. The van der Waals surface area contributed by atoms with Crippen molar-refractivity contribution in [1.82, 2.24) is 15.2 Å². The lowest BCUT2D eigenvalue weighted by Crippen LogP contribution is -2.36. The third-order valence-electron chi connectivity index (χ3n) is 4.83. The normalized spacial score (nSPS) is 14.4. The number of urea groups is 1. The van der Waals surface area contributed by atoms with E-state index in [-0.39, 0.29) is 11.9 Å². The van der Waals surface area contributed by atoms with Gasteiger partial charge in [0.15, 0.2) is 5.13 Å². The van der Waals surface area contributed by atoms with Crippen LogP contribution >= 0.6 is 11.3 Å². The maximum absolute atomic E-state index is 12.8. The van der Waals surface area contributed by atoms with Gasteiger partial charge < -0.3 is 20.4 Å². The van der Waals surface area contributed by atoms with E-state index in [1.54, 1.807) is 11.3 Å². The maximum atomic E-state index is 12.8. The first-order valence-electron chi connectivity index (χ1n) is 10.1. The van der Waals surface area contributed by atoms with Gasteiger partial charge in [0.2, 0.25) is 5.91 Å². The molecular formula is C21H29N5O2S. The second-order valence-electron chi connectivity index (χ2n) is 7.25. The lowest BCUT2D eigenvalue weighted by atomic mass is 10.1. The second kappa shape index (κ2) is 10.2. The molecule has 1 aliphatic heterocycles. The van der Waals surface area contributed by atoms with E-state index in [0.29, 0.717) is 19.5 Å². The number of aromatic nitrogens is 1. The van der Waals surface area contributed by atoms with Crippen LogP contribution < -0.4 is 15.5 Å². The Morgan fingerprint density at radius 3 is 2.62 bits per heavy atom. The minimum absolute atomic E-state index is 0.142. The highest BCUT2D eigenvalue weighted by Gasteiger charge is 2.20. The van der Waals surface area contributed by atoms with Crippen LogP contribution in [0.3, 0.4) is 0 Å². The summed E-state index contributed by atoms with van der Waals surface area (Å²) in [4.78, 5) is 33.3. The summed E-state index contributed by atoms with van der Waals surface area (Å²) in [6.07, 6.45) is 2.21. The van der Waals surface area contributed by atoms with Gasteiger partial charge in [0.1, 0.15) is 0 Å². The first kappa shape index (κ1) is 21.1. The average Bonchev–Trinajstić information content (AvgIpc) is 2.99. The number of rotatable bonds is 6. The topological polar surface area (TPSA) is 77.6 Å². The molecule has 0 unspecified atom stereocenters. The molecule has 2 N–H and O–H groups in total. The molecule has 3 amide bonds. The predicted molar refractivity (Wildman–Crippen MR) is 118 cm³/mol. The molecule has 0 spiro atoms. The van der Waals surface area contributed by atoms with E-state index in [4.69, 9.17) is 0 Å². The van der Waals surface area contributed by atoms with Crippen LogP contribution in [0.2, 0.25) is 0 Å². The molecule has 0 bridgehead atoms. The lowest BCUT2D eigenvalue weighted by molar-refractivity contribution is -0.130. The Balaban J connectivity index is 1.50. The largest absolute Gasteiger partial charge is 0.346 e. The molecule has 3 rings (SSSR count). The molecule has 29 heavy (non-hydrogen) atoms. The molecule has 156 valence electrons. The van der Waals surface area contributed by atoms with Gasteiger partial charge >= 0.3 is 6.03 Å². The van der Waals surface area contributed by atoms with Gasteiger partial charge in [-0.1, -0.05) is 19.1 Å². The van der Waals surface area contributed by atoms with Gasteiger partial charge in [-0.3, -0.25) is 4.79 Å². The summed E-state index contributed by atoms with van der Waals surface area (Å²) in [6.45, 7) is 7.89. The molecule has 0 atom stereocenters. The predicted octanol–water partition coefficient (Wildman–Crippen LogP) is 3.26. The molecule has 7 nitrogen and oxygen atoms in total. The van der Waals surface area contributed by atoms with Gasteiger partial charge in [-0.2, -0.15) is 0 Å². The van der Waals surface area contributed by atoms with Crippen molar-refractivity contribution in [1.29, 1.82) is 0 Å². The van der Waals surface area contributed by atoms with Crippen LogP contribution in [0, 0.1) is 6.92 Å². The van der Waals surface area contributed by atoms with Gasteiger partial charge in [-0.15, -0.1) is 11.3 Å². The fraction of sp³-hybridized carbons (Fsp3) is 0.476. The average molecular weight is 416 g/mol. The van der Waals surface area contributed by atoms with Crippen LogP contribution in [-0.2, 0) is 11.2 Å². The molecule has 0 saturated carbocycles. The smallest absolute Gasteiger partial charge is 0.319 e. The second-order valence-corrected chi connectivity index (χ2v) is 8.08. The van der Waals surface area contributed by atoms with Gasteiger partial charge in [0.05, 0.1) is 12.1 Å². The van der Waals surface area contributed by atoms with Crippen LogP contribution in [0.15, 0.2) is 29.6 Å². The highest BCUT2D eigenvalue weighted by Crippen LogP contribution is 2.21. The van der Waals surface area contributed by atoms with E-state index in [9.17, 15) is 9.59 Å². The lowest BCUT2D eigenvalue weighted by Gasteiger charge is -2.22. The molecule has 2 heterocycles. The third kappa shape index (κ3) is 6.19. The number of anilines is 2. The summed E-state index contributed by atoms with van der Waals surface area (Å²) >= 11 is 1.66. The van der Waals surface area contributed by atoms with Crippen LogP contribution in [0.4, 0.5) is 15.6 Å². The zero-order valence-corrected chi connectivity index (χ0v) is 17.9. The van der Waals surface area contributed by atoms with E-state index in [1.165, 1.54) is 0 Å². The summed E-state index contributed by atoms with van der Waals surface area (Å²) in [6, 6.07) is 7.26. The van der Waals surface area contributed by atoms with E-state index in [2.05, 4.69) is 25.9 Å². The number of aryl methyl sites for hydroxylation is 1. The Kier molecular flexibility index (Phi) is 7.46. The number of carbonyl (C=O) groups excluding carboxylic acids is 2. The highest BCUT2D eigenvalue weighted by molar-refractivity contribution is 7.13. The Morgan fingerprint density at radius 1 is 1.14 bits per heavy atom. The number of nitrogens with one attached hydrogen (secondary N) is 2. The Bertz CT molecular complexity index is 821. The van der Waals surface area contributed by atoms with E-state index in [1.807, 2.05) is 43.0 Å². The number of hydrogen-bond acceptors (Lipinski definition) is 5. The summed E-state index contributed by atoms with van der Waals surface area (Å²) in [5, 5.41) is 8.68. The first-order valence-corrected chi connectivity index (χ1v) is 11.0. The molecule has 2 aromatic rings. The van der Waals surface area contributed by atoms with Gasteiger partial charge in [-0.05, 0) is 37.5 Å². The van der Waals surface area contributed by atoms with Crippen LogP contribution in [0.1, 0.15) is 31.0 Å². The minimum atomic E-state index is -0.208. The SMILES string of the molecule is CCCNC(=O)Nc1ccc(CC(=O)N2CCCN(c3nc(C)cs3)CC2)cc1. The summed E-state index contributed by atoms with van der Waals surface area (Å²) in [5.74, 6) is 0.142. The van der Waals surface area contributed by atoms with Crippen LogP contribution in [0.5, 0.6) is 0 Å². The molecule has 8 heteroatoms. The van der Waals surface area contributed by atoms with E-state index >= 15 is 0 Å². The fourth-order valence-electron chi connectivity index (χ4n) is 3.25. The van der Waals surface area contributed by atoms with Crippen molar-refractivity contribution < 1.29 is 9.59 Å². The van der Waals surface area contributed by atoms with Crippen molar-refractivity contribution in [2.75, 3.05) is 42.9 Å². The Morgan fingerprint density at radius 2 is 1.93 bits per heavy atom. The van der Waals surface area contributed by atoms with Crippen molar-refractivity contribution in [2.45, 2.75) is 33.1 Å².